The Bertz CT molecular complexity index is 1630. The van der Waals surface area contributed by atoms with Crippen molar-refractivity contribution in [3.63, 3.8) is 0 Å². The fourth-order valence-electron chi connectivity index (χ4n) is 7.56. The minimum absolute atomic E-state index is 0.456. The van der Waals surface area contributed by atoms with E-state index in [-0.39, 0.29) is 0 Å². The van der Waals surface area contributed by atoms with Crippen molar-refractivity contribution in [1.29, 1.82) is 0 Å². The second-order valence-electron chi connectivity index (χ2n) is 13.8. The molecular formula is C37H47NSSi. The molecule has 1 nitrogen and oxygen atoms in total. The van der Waals surface area contributed by atoms with Crippen LogP contribution in [0.5, 0.6) is 0 Å². The lowest BCUT2D eigenvalue weighted by Gasteiger charge is -2.38. The van der Waals surface area contributed by atoms with Crippen LogP contribution < -0.4 is 5.19 Å². The summed E-state index contributed by atoms with van der Waals surface area (Å²) in [7, 11) is -1.71. The van der Waals surface area contributed by atoms with E-state index >= 15 is 0 Å². The van der Waals surface area contributed by atoms with Gasteiger partial charge in [-0.1, -0.05) is 115 Å². The highest BCUT2D eigenvalue weighted by atomic mass is 32.1. The summed E-state index contributed by atoms with van der Waals surface area (Å²) in [4.78, 5) is 5.02. The average Bonchev–Trinajstić information content (AvgIpc) is 3.26. The topological polar surface area (TPSA) is 12.9 Å². The van der Waals surface area contributed by atoms with Crippen LogP contribution in [0.4, 0.5) is 0 Å². The quantitative estimate of drug-likeness (QED) is 0.162. The predicted octanol–water partition coefficient (Wildman–Crippen LogP) is 11.3. The molecule has 0 aliphatic rings. The molecule has 5 rings (SSSR count). The molecule has 2 aromatic heterocycles. The number of hydrogen-bond donors (Lipinski definition) is 0. The maximum Gasteiger partial charge on any atom is 0.0880 e. The molecule has 2 heterocycles. The highest BCUT2D eigenvalue weighted by Gasteiger charge is 2.38. The lowest BCUT2D eigenvalue weighted by atomic mass is 9.92. The highest BCUT2D eigenvalue weighted by molar-refractivity contribution is 7.26. The number of aromatic nitrogens is 1. The Labute approximate surface area is 247 Å². The molecule has 0 N–H and O–H groups in total. The molecule has 3 aromatic carbocycles. The summed E-state index contributed by atoms with van der Waals surface area (Å²) >= 11 is 1.98. The molecule has 0 amide bonds. The lowest BCUT2D eigenvalue weighted by Crippen LogP contribution is -2.51. The van der Waals surface area contributed by atoms with Crippen molar-refractivity contribution in [3.05, 3.63) is 71.9 Å². The van der Waals surface area contributed by atoms with Crippen molar-refractivity contribution in [2.45, 2.75) is 86.4 Å². The largest absolute Gasteiger partial charge is 0.255 e. The molecule has 0 bridgehead atoms. The maximum absolute atomic E-state index is 5.02. The number of nitrogens with zero attached hydrogens (tertiary/aromatic N) is 1. The van der Waals surface area contributed by atoms with E-state index in [0.29, 0.717) is 5.92 Å². The van der Waals surface area contributed by atoms with E-state index < -0.39 is 8.07 Å². The van der Waals surface area contributed by atoms with Gasteiger partial charge >= 0.3 is 0 Å². The van der Waals surface area contributed by atoms with Gasteiger partial charge < -0.3 is 0 Å². The molecule has 3 heteroatoms. The zero-order chi connectivity index (χ0) is 28.8. The second kappa shape index (κ2) is 11.4. The van der Waals surface area contributed by atoms with Gasteiger partial charge in [-0.15, -0.1) is 11.3 Å². The molecule has 0 unspecified atom stereocenters. The first-order valence-electron chi connectivity index (χ1n) is 15.3. The summed E-state index contributed by atoms with van der Waals surface area (Å²) in [5, 5.41) is 7.12. The lowest BCUT2D eigenvalue weighted by molar-refractivity contribution is 0.649. The molecule has 0 atom stereocenters. The van der Waals surface area contributed by atoms with Gasteiger partial charge in [-0.05, 0) is 70.7 Å². The minimum atomic E-state index is -1.71. The summed E-state index contributed by atoms with van der Waals surface area (Å²) < 4.78 is 2.80. The van der Waals surface area contributed by atoms with E-state index in [1.165, 1.54) is 60.2 Å². The first kappa shape index (κ1) is 29.0. The van der Waals surface area contributed by atoms with Gasteiger partial charge in [-0.3, -0.25) is 4.98 Å². The van der Waals surface area contributed by atoms with Crippen molar-refractivity contribution in [2.75, 3.05) is 0 Å². The standard InChI is InChI=1S/C37H47NSSi/c1-23(2)20-40(21-24(3)4,22-25(5)6)34-15-14-31-32-16-17-38-35(37(32)39-36(31)27(34)9)29-18-28-12-10-11-13-30(28)33(19-29)26(7)8/h10-19,23-26H,20-22H2,1-9H3. The first-order valence-corrected chi connectivity index (χ1v) is 18.8. The zero-order valence-electron chi connectivity index (χ0n) is 26.1. The Morgan fingerprint density at radius 3 is 1.95 bits per heavy atom. The van der Waals surface area contributed by atoms with Crippen LogP contribution in [-0.2, 0) is 0 Å². The van der Waals surface area contributed by atoms with E-state index in [0.717, 1.165) is 23.4 Å². The van der Waals surface area contributed by atoms with E-state index in [2.05, 4.69) is 117 Å². The predicted molar refractivity (Wildman–Crippen MR) is 183 cm³/mol. The van der Waals surface area contributed by atoms with Crippen LogP contribution in [0.15, 0.2) is 60.8 Å². The Morgan fingerprint density at radius 2 is 1.32 bits per heavy atom. The van der Waals surface area contributed by atoms with Crippen LogP contribution in [-0.4, -0.2) is 13.1 Å². The average molecular weight is 566 g/mol. The molecule has 0 saturated carbocycles. The Hall–Kier alpha value is -2.49. The molecule has 210 valence electrons. The molecule has 0 fully saturated rings. The fraction of sp³-hybridized carbons (Fsp3) is 0.432. The summed E-state index contributed by atoms with van der Waals surface area (Å²) in [6.45, 7) is 21.6. The highest BCUT2D eigenvalue weighted by Crippen LogP contribution is 2.43. The Kier molecular flexibility index (Phi) is 8.28. The Balaban J connectivity index is 1.75. The first-order chi connectivity index (χ1) is 19.0. The number of hydrogen-bond acceptors (Lipinski definition) is 2. The second-order valence-corrected chi connectivity index (χ2v) is 19.1. The maximum atomic E-state index is 5.02. The van der Waals surface area contributed by atoms with Gasteiger partial charge in [0.2, 0.25) is 0 Å². The van der Waals surface area contributed by atoms with Crippen LogP contribution in [0.3, 0.4) is 0 Å². The Morgan fingerprint density at radius 1 is 0.700 bits per heavy atom. The van der Waals surface area contributed by atoms with Gasteiger partial charge in [0.05, 0.1) is 18.5 Å². The third-order valence-electron chi connectivity index (χ3n) is 8.56. The minimum Gasteiger partial charge on any atom is -0.255 e. The van der Waals surface area contributed by atoms with Crippen LogP contribution in [0.2, 0.25) is 18.1 Å². The molecule has 5 aromatic rings. The van der Waals surface area contributed by atoms with Crippen molar-refractivity contribution < 1.29 is 0 Å². The summed E-state index contributed by atoms with van der Waals surface area (Å²) in [6, 6.07) is 24.9. The normalized spacial score (nSPS) is 12.8. The van der Waals surface area contributed by atoms with Crippen LogP contribution in [0.25, 0.3) is 42.2 Å². The number of aryl methyl sites for hydroxylation is 1. The molecule has 0 spiro atoms. The molecule has 40 heavy (non-hydrogen) atoms. The van der Waals surface area contributed by atoms with Gasteiger partial charge in [-0.2, -0.15) is 0 Å². The molecule has 0 aliphatic heterocycles. The summed E-state index contributed by atoms with van der Waals surface area (Å²) in [6.07, 6.45) is 2.02. The van der Waals surface area contributed by atoms with E-state index in [4.69, 9.17) is 4.98 Å². The van der Waals surface area contributed by atoms with Gasteiger partial charge in [0.25, 0.3) is 0 Å². The SMILES string of the molecule is Cc1c([Si](CC(C)C)(CC(C)C)CC(C)C)ccc2c1sc1c(-c3cc(C(C)C)c4ccccc4c3)nccc12. The van der Waals surface area contributed by atoms with Crippen molar-refractivity contribution in [3.8, 4) is 11.3 Å². The number of rotatable bonds is 9. The smallest absolute Gasteiger partial charge is 0.0880 e. The number of benzene rings is 3. The number of pyridine rings is 1. The van der Waals surface area contributed by atoms with Gasteiger partial charge in [-0.25, -0.2) is 0 Å². The molecule has 0 aliphatic carbocycles. The number of thiophene rings is 1. The third kappa shape index (κ3) is 5.40. The molecule has 0 saturated heterocycles. The van der Waals surface area contributed by atoms with Gasteiger partial charge in [0.15, 0.2) is 0 Å². The number of fused-ring (bicyclic) bond motifs is 4. The van der Waals surface area contributed by atoms with Crippen LogP contribution in [0, 0.1) is 24.7 Å². The third-order valence-corrected chi connectivity index (χ3v) is 16.4. The molecule has 0 radical (unpaired) electrons. The monoisotopic (exact) mass is 565 g/mol. The van der Waals surface area contributed by atoms with Gasteiger partial charge in [0, 0.05) is 27.2 Å². The van der Waals surface area contributed by atoms with E-state index in [9.17, 15) is 0 Å². The van der Waals surface area contributed by atoms with Crippen molar-refractivity contribution in [2.24, 2.45) is 17.8 Å². The zero-order valence-corrected chi connectivity index (χ0v) is 27.9. The van der Waals surface area contributed by atoms with Crippen molar-refractivity contribution in [1.82, 2.24) is 4.98 Å². The van der Waals surface area contributed by atoms with Crippen LogP contribution in [0.1, 0.15) is 72.4 Å². The van der Waals surface area contributed by atoms with E-state index in [1.54, 1.807) is 10.8 Å². The fourth-order valence-corrected chi connectivity index (χ4v) is 16.2. The van der Waals surface area contributed by atoms with Crippen LogP contribution >= 0.6 is 11.3 Å². The van der Waals surface area contributed by atoms with Crippen molar-refractivity contribution >= 4 is 55.5 Å². The molecular weight excluding hydrogens is 519 g/mol. The van der Waals surface area contributed by atoms with Gasteiger partial charge in [0.1, 0.15) is 0 Å². The van der Waals surface area contributed by atoms with E-state index in [1.807, 2.05) is 17.5 Å². The summed E-state index contributed by atoms with van der Waals surface area (Å²) in [5.74, 6) is 2.62. The summed E-state index contributed by atoms with van der Waals surface area (Å²) in [5.41, 5.74) is 5.31.